The van der Waals surface area contributed by atoms with Crippen LogP contribution in [0.1, 0.15) is 65.2 Å². The third-order valence-corrected chi connectivity index (χ3v) is 13.6. The highest BCUT2D eigenvalue weighted by Crippen LogP contribution is 2.35. The van der Waals surface area contributed by atoms with E-state index in [2.05, 4.69) is 4.98 Å². The van der Waals surface area contributed by atoms with E-state index in [4.69, 9.17) is 0 Å². The molecule has 0 bridgehead atoms. The molecule has 0 radical (unpaired) electrons. The van der Waals surface area contributed by atoms with Crippen molar-refractivity contribution in [2.75, 3.05) is 11.5 Å². The van der Waals surface area contributed by atoms with Gasteiger partial charge in [-0.15, -0.1) is 0 Å². The molecule has 3 aromatic carbocycles. The van der Waals surface area contributed by atoms with Crippen molar-refractivity contribution in [1.82, 2.24) is 4.98 Å². The van der Waals surface area contributed by atoms with Gasteiger partial charge in [0.15, 0.2) is 19.7 Å². The smallest absolute Gasteiger partial charge is 0.178 e. The highest BCUT2D eigenvalue weighted by atomic mass is 32.2. The van der Waals surface area contributed by atoms with Crippen LogP contribution < -0.4 is 0 Å². The summed E-state index contributed by atoms with van der Waals surface area (Å²) in [6.07, 6.45) is 7.50. The first kappa shape index (κ1) is 35.9. The normalized spacial score (nSPS) is 24.7. The van der Waals surface area contributed by atoms with E-state index in [0.29, 0.717) is 35.5 Å². The number of sulfone groups is 2. The first-order chi connectivity index (χ1) is 22.7. The lowest BCUT2D eigenvalue weighted by atomic mass is 9.81. The zero-order valence-electron chi connectivity index (χ0n) is 27.8. The van der Waals surface area contributed by atoms with E-state index >= 15 is 0 Å². The third-order valence-electron chi connectivity index (χ3n) is 9.77. The summed E-state index contributed by atoms with van der Waals surface area (Å²) in [5.74, 6) is 0.606. The zero-order valence-corrected chi connectivity index (χ0v) is 29.5. The van der Waals surface area contributed by atoms with Gasteiger partial charge in [-0.1, -0.05) is 60.7 Å². The van der Waals surface area contributed by atoms with Crippen molar-refractivity contribution >= 4 is 19.7 Å². The Hall–Kier alpha value is -3.37. The van der Waals surface area contributed by atoms with Gasteiger partial charge in [-0.2, -0.15) is 0 Å². The van der Waals surface area contributed by atoms with Crippen molar-refractivity contribution in [3.63, 3.8) is 0 Å². The lowest BCUT2D eigenvalue weighted by Gasteiger charge is -2.32. The molecule has 1 heterocycles. The predicted molar refractivity (Wildman–Crippen MR) is 191 cm³/mol. The van der Waals surface area contributed by atoms with E-state index in [0.717, 1.165) is 48.1 Å². The van der Waals surface area contributed by atoms with Crippen molar-refractivity contribution in [2.24, 2.45) is 11.8 Å². The largest absolute Gasteiger partial charge is 0.390 e. The van der Waals surface area contributed by atoms with Crippen molar-refractivity contribution in [2.45, 2.75) is 86.2 Å². The van der Waals surface area contributed by atoms with E-state index in [1.807, 2.05) is 74.5 Å². The molecule has 1 aromatic heterocycles. The fourth-order valence-corrected chi connectivity index (χ4v) is 9.99. The summed E-state index contributed by atoms with van der Waals surface area (Å²) < 4.78 is 50.6. The minimum atomic E-state index is -3.30. The predicted octanol–water partition coefficient (Wildman–Crippen LogP) is 7.53. The van der Waals surface area contributed by atoms with E-state index in [-0.39, 0.29) is 23.3 Å². The number of nitrogens with zero attached hydrogens (tertiary/aromatic N) is 1. The van der Waals surface area contributed by atoms with E-state index in [1.165, 1.54) is 0 Å². The SMILES string of the molecule is CC1(O)CCC(CS(=O)(=O)c2ccc(-c3ccccc3)cc2)CC1.CC1(O)CCC(CS(=O)(=O)c2ccc(-c3ccccn3)cc2)CC1. The summed E-state index contributed by atoms with van der Waals surface area (Å²) >= 11 is 0. The second-order valence-electron chi connectivity index (χ2n) is 14.1. The highest BCUT2D eigenvalue weighted by Gasteiger charge is 2.32. The molecule has 2 fully saturated rings. The first-order valence-corrected chi connectivity index (χ1v) is 20.1. The molecule has 0 aliphatic heterocycles. The molecule has 0 unspecified atom stereocenters. The fourth-order valence-electron chi connectivity index (χ4n) is 6.60. The average molecular weight is 690 g/mol. The Labute approximate surface area is 285 Å². The summed E-state index contributed by atoms with van der Waals surface area (Å²) in [6, 6.07) is 29.7. The maximum atomic E-state index is 12.6. The molecule has 2 saturated carbocycles. The Morgan fingerprint density at radius 2 is 0.958 bits per heavy atom. The maximum Gasteiger partial charge on any atom is 0.178 e. The minimum Gasteiger partial charge on any atom is -0.390 e. The van der Waals surface area contributed by atoms with Gasteiger partial charge in [0.1, 0.15) is 0 Å². The fraction of sp³-hybridized carbons (Fsp3) is 0.410. The maximum absolute atomic E-state index is 12.6. The van der Waals surface area contributed by atoms with Gasteiger partial charge in [0.2, 0.25) is 0 Å². The molecule has 0 spiro atoms. The second-order valence-corrected chi connectivity index (χ2v) is 18.1. The summed E-state index contributed by atoms with van der Waals surface area (Å²) in [5.41, 5.74) is 2.57. The number of benzene rings is 3. The number of aromatic nitrogens is 1. The monoisotopic (exact) mass is 689 g/mol. The average Bonchev–Trinajstić information content (AvgIpc) is 3.08. The summed E-state index contributed by atoms with van der Waals surface area (Å²) in [6.45, 7) is 3.66. The molecule has 9 heteroatoms. The summed E-state index contributed by atoms with van der Waals surface area (Å²) in [5, 5.41) is 20.0. The Balaban J connectivity index is 0.000000188. The van der Waals surface area contributed by atoms with Crippen molar-refractivity contribution < 1.29 is 27.0 Å². The van der Waals surface area contributed by atoms with Crippen LogP contribution in [0.15, 0.2) is 113 Å². The minimum absolute atomic E-state index is 0.130. The lowest BCUT2D eigenvalue weighted by Crippen LogP contribution is -2.32. The number of rotatable bonds is 8. The molecular weight excluding hydrogens is 643 g/mol. The van der Waals surface area contributed by atoms with Crippen LogP contribution >= 0.6 is 0 Å². The van der Waals surface area contributed by atoms with E-state index < -0.39 is 30.9 Å². The molecular formula is C39H47NO6S2. The standard InChI is InChI=1S/C20H24O3S.C19H23NO3S/c1-20(21)13-11-16(12-14-20)15-24(22,23)19-9-7-18(8-10-19)17-5-3-2-4-6-17;1-19(21)11-9-15(10-12-19)14-24(22,23)17-7-5-16(6-8-17)18-4-2-3-13-20-18/h2-10,16,21H,11-15H2,1H3;2-8,13,15,21H,9-12,14H2,1H3. The van der Waals surface area contributed by atoms with Gasteiger partial charge in [-0.25, -0.2) is 16.8 Å². The Morgan fingerprint density at radius 3 is 1.38 bits per heavy atom. The van der Waals surface area contributed by atoms with Gasteiger partial charge in [0.25, 0.3) is 0 Å². The molecule has 48 heavy (non-hydrogen) atoms. The summed E-state index contributed by atoms with van der Waals surface area (Å²) in [4.78, 5) is 5.02. The lowest BCUT2D eigenvalue weighted by molar-refractivity contribution is 0.0104. The van der Waals surface area contributed by atoms with Crippen LogP contribution in [-0.2, 0) is 19.7 Å². The van der Waals surface area contributed by atoms with Gasteiger partial charge in [-0.05, 0) is 125 Å². The van der Waals surface area contributed by atoms with E-state index in [9.17, 15) is 27.0 Å². The zero-order chi connectivity index (χ0) is 34.4. The molecule has 256 valence electrons. The van der Waals surface area contributed by atoms with Crippen molar-refractivity contribution in [3.05, 3.63) is 103 Å². The van der Waals surface area contributed by atoms with Crippen LogP contribution in [-0.4, -0.2) is 54.7 Å². The molecule has 0 saturated heterocycles. The Kier molecular flexibility index (Phi) is 11.2. The van der Waals surface area contributed by atoms with Gasteiger partial charge in [-0.3, -0.25) is 4.98 Å². The van der Waals surface area contributed by atoms with Gasteiger partial charge in [0, 0.05) is 11.8 Å². The summed E-state index contributed by atoms with van der Waals surface area (Å²) in [7, 11) is -6.58. The molecule has 0 atom stereocenters. The number of hydrogen-bond donors (Lipinski definition) is 2. The molecule has 2 aliphatic rings. The van der Waals surface area contributed by atoms with Gasteiger partial charge < -0.3 is 10.2 Å². The van der Waals surface area contributed by atoms with Crippen LogP contribution in [0.2, 0.25) is 0 Å². The van der Waals surface area contributed by atoms with Gasteiger partial charge in [0.05, 0.1) is 38.2 Å². The quantitative estimate of drug-likeness (QED) is 0.196. The van der Waals surface area contributed by atoms with Crippen molar-refractivity contribution in [1.29, 1.82) is 0 Å². The molecule has 4 aromatic rings. The molecule has 0 amide bonds. The van der Waals surface area contributed by atoms with Crippen LogP contribution in [0.3, 0.4) is 0 Å². The number of aliphatic hydroxyl groups is 2. The van der Waals surface area contributed by atoms with E-state index in [1.54, 1.807) is 42.6 Å². The van der Waals surface area contributed by atoms with Crippen LogP contribution in [0.5, 0.6) is 0 Å². The molecule has 6 rings (SSSR count). The molecule has 2 N–H and O–H groups in total. The Bertz CT molecular complexity index is 1680. The number of hydrogen-bond acceptors (Lipinski definition) is 7. The second kappa shape index (κ2) is 15.0. The topological polar surface area (TPSA) is 122 Å². The molecule has 7 nitrogen and oxygen atoms in total. The number of pyridine rings is 1. The van der Waals surface area contributed by atoms with Gasteiger partial charge >= 0.3 is 0 Å². The van der Waals surface area contributed by atoms with Crippen LogP contribution in [0.25, 0.3) is 22.4 Å². The highest BCUT2D eigenvalue weighted by molar-refractivity contribution is 7.91. The molecule has 2 aliphatic carbocycles. The van der Waals surface area contributed by atoms with Crippen molar-refractivity contribution in [3.8, 4) is 22.4 Å². The third kappa shape index (κ3) is 9.84. The van der Waals surface area contributed by atoms with Crippen LogP contribution in [0, 0.1) is 11.8 Å². The Morgan fingerprint density at radius 1 is 0.562 bits per heavy atom. The van der Waals surface area contributed by atoms with Crippen LogP contribution in [0.4, 0.5) is 0 Å². The first-order valence-electron chi connectivity index (χ1n) is 16.8.